The predicted octanol–water partition coefficient (Wildman–Crippen LogP) is 3.44. The number of para-hydroxylation sites is 1. The first-order valence-corrected chi connectivity index (χ1v) is 9.32. The maximum atomic E-state index is 12.6. The zero-order valence-corrected chi connectivity index (χ0v) is 16.5. The van der Waals surface area contributed by atoms with Crippen LogP contribution in [0.1, 0.15) is 34.1 Å². The monoisotopic (exact) mass is 407 g/mol. The SMILES string of the molecule is CCC(OC(=O)c1ccc(-c2ncc[nH]2)cc1)C(=O)Nc1ccccc1C(=O)OC. The normalized spacial score (nSPS) is 11.4. The van der Waals surface area contributed by atoms with Crippen molar-refractivity contribution in [3.63, 3.8) is 0 Å². The van der Waals surface area contributed by atoms with Crippen LogP contribution in [0.2, 0.25) is 0 Å². The van der Waals surface area contributed by atoms with Gasteiger partial charge in [-0.05, 0) is 30.7 Å². The number of methoxy groups -OCH3 is 1. The highest BCUT2D eigenvalue weighted by molar-refractivity contribution is 6.03. The Morgan fingerprint density at radius 2 is 1.80 bits per heavy atom. The van der Waals surface area contributed by atoms with E-state index >= 15 is 0 Å². The van der Waals surface area contributed by atoms with Crippen LogP contribution in [0.25, 0.3) is 11.4 Å². The van der Waals surface area contributed by atoms with Gasteiger partial charge in [-0.2, -0.15) is 0 Å². The van der Waals surface area contributed by atoms with Gasteiger partial charge < -0.3 is 19.8 Å². The van der Waals surface area contributed by atoms with Crippen LogP contribution in [0.3, 0.4) is 0 Å². The van der Waals surface area contributed by atoms with E-state index in [1.165, 1.54) is 13.2 Å². The number of rotatable bonds is 7. The molecule has 1 aromatic heterocycles. The molecule has 0 radical (unpaired) electrons. The third-order valence-corrected chi connectivity index (χ3v) is 4.40. The van der Waals surface area contributed by atoms with Crippen LogP contribution >= 0.6 is 0 Å². The Bertz CT molecular complexity index is 1030. The van der Waals surface area contributed by atoms with Crippen LogP contribution in [0.5, 0.6) is 0 Å². The Morgan fingerprint density at radius 3 is 2.43 bits per heavy atom. The molecule has 1 unspecified atom stereocenters. The lowest BCUT2D eigenvalue weighted by Gasteiger charge is -2.17. The molecule has 3 rings (SSSR count). The van der Waals surface area contributed by atoms with Gasteiger partial charge in [-0.1, -0.05) is 31.2 Å². The van der Waals surface area contributed by atoms with Crippen molar-refractivity contribution in [2.45, 2.75) is 19.4 Å². The molecule has 1 atom stereocenters. The van der Waals surface area contributed by atoms with Gasteiger partial charge >= 0.3 is 11.9 Å². The molecular formula is C22H21N3O5. The maximum Gasteiger partial charge on any atom is 0.339 e. The highest BCUT2D eigenvalue weighted by Gasteiger charge is 2.24. The number of aromatic amines is 1. The van der Waals surface area contributed by atoms with Crippen molar-refractivity contribution in [1.29, 1.82) is 0 Å². The van der Waals surface area contributed by atoms with Crippen molar-refractivity contribution in [2.75, 3.05) is 12.4 Å². The number of ether oxygens (including phenoxy) is 2. The van der Waals surface area contributed by atoms with Crippen LogP contribution in [-0.2, 0) is 14.3 Å². The number of benzene rings is 2. The van der Waals surface area contributed by atoms with E-state index < -0.39 is 23.9 Å². The smallest absolute Gasteiger partial charge is 0.339 e. The zero-order valence-electron chi connectivity index (χ0n) is 16.5. The second kappa shape index (κ2) is 9.51. The van der Waals surface area contributed by atoms with Crippen molar-refractivity contribution >= 4 is 23.5 Å². The third-order valence-electron chi connectivity index (χ3n) is 4.40. The first-order valence-electron chi connectivity index (χ1n) is 9.32. The van der Waals surface area contributed by atoms with Crippen LogP contribution in [0, 0.1) is 0 Å². The van der Waals surface area contributed by atoms with Crippen molar-refractivity contribution in [3.05, 3.63) is 72.1 Å². The van der Waals surface area contributed by atoms with Crippen LogP contribution < -0.4 is 5.32 Å². The summed E-state index contributed by atoms with van der Waals surface area (Å²) in [6.45, 7) is 1.73. The van der Waals surface area contributed by atoms with E-state index in [2.05, 4.69) is 15.3 Å². The van der Waals surface area contributed by atoms with Gasteiger partial charge in [0.2, 0.25) is 0 Å². The second-order valence-corrected chi connectivity index (χ2v) is 6.34. The minimum absolute atomic E-state index is 0.211. The molecule has 154 valence electrons. The Labute approximate surface area is 173 Å². The molecule has 0 saturated carbocycles. The van der Waals surface area contributed by atoms with Crippen molar-refractivity contribution in [3.8, 4) is 11.4 Å². The number of nitrogens with one attached hydrogen (secondary N) is 2. The summed E-state index contributed by atoms with van der Waals surface area (Å²) in [7, 11) is 1.26. The molecule has 0 aliphatic heterocycles. The molecule has 0 saturated heterocycles. The van der Waals surface area contributed by atoms with E-state index in [1.807, 2.05) is 0 Å². The minimum atomic E-state index is -1.02. The molecule has 3 aromatic rings. The van der Waals surface area contributed by atoms with Crippen LogP contribution in [-0.4, -0.2) is 41.0 Å². The molecule has 2 aromatic carbocycles. The average molecular weight is 407 g/mol. The number of H-pyrrole nitrogens is 1. The summed E-state index contributed by atoms with van der Waals surface area (Å²) in [6, 6.07) is 13.1. The molecule has 2 N–H and O–H groups in total. The van der Waals surface area contributed by atoms with Crippen molar-refractivity contribution in [2.24, 2.45) is 0 Å². The first kappa shape index (κ1) is 20.8. The quantitative estimate of drug-likeness (QED) is 0.581. The molecule has 1 heterocycles. The van der Waals surface area contributed by atoms with E-state index in [0.717, 1.165) is 5.56 Å². The van der Waals surface area contributed by atoms with E-state index in [4.69, 9.17) is 9.47 Å². The predicted molar refractivity (Wildman–Crippen MR) is 110 cm³/mol. The average Bonchev–Trinajstić information content (AvgIpc) is 3.32. The Kier molecular flexibility index (Phi) is 6.59. The van der Waals surface area contributed by atoms with Crippen LogP contribution in [0.4, 0.5) is 5.69 Å². The molecule has 8 heteroatoms. The fraction of sp³-hybridized carbons (Fsp3) is 0.182. The van der Waals surface area contributed by atoms with E-state index in [0.29, 0.717) is 11.4 Å². The van der Waals surface area contributed by atoms with E-state index in [-0.39, 0.29) is 17.7 Å². The van der Waals surface area contributed by atoms with Gasteiger partial charge in [-0.3, -0.25) is 4.79 Å². The fourth-order valence-corrected chi connectivity index (χ4v) is 2.80. The highest BCUT2D eigenvalue weighted by atomic mass is 16.5. The summed E-state index contributed by atoms with van der Waals surface area (Å²) in [4.78, 5) is 44.1. The zero-order chi connectivity index (χ0) is 21.5. The largest absolute Gasteiger partial charge is 0.465 e. The number of esters is 2. The van der Waals surface area contributed by atoms with Crippen molar-refractivity contribution in [1.82, 2.24) is 9.97 Å². The van der Waals surface area contributed by atoms with Gasteiger partial charge in [0.25, 0.3) is 5.91 Å². The number of hydrogen-bond acceptors (Lipinski definition) is 6. The summed E-state index contributed by atoms with van der Waals surface area (Å²) in [6.07, 6.45) is 2.59. The van der Waals surface area contributed by atoms with Crippen LogP contribution in [0.15, 0.2) is 60.9 Å². The second-order valence-electron chi connectivity index (χ2n) is 6.34. The number of aromatic nitrogens is 2. The number of carbonyl (C=O) groups is 3. The van der Waals surface area contributed by atoms with E-state index in [1.54, 1.807) is 61.8 Å². The molecular weight excluding hydrogens is 386 g/mol. The lowest BCUT2D eigenvalue weighted by atomic mass is 10.1. The lowest BCUT2D eigenvalue weighted by Crippen LogP contribution is -2.32. The van der Waals surface area contributed by atoms with Crippen molar-refractivity contribution < 1.29 is 23.9 Å². The summed E-state index contributed by atoms with van der Waals surface area (Å²) < 4.78 is 10.1. The topological polar surface area (TPSA) is 110 Å². The van der Waals surface area contributed by atoms with Gasteiger partial charge in [0.1, 0.15) is 5.82 Å². The molecule has 0 bridgehead atoms. The van der Waals surface area contributed by atoms with Gasteiger partial charge in [-0.15, -0.1) is 0 Å². The standard InChI is InChI=1S/C22H21N3O5/c1-3-18(20(26)25-17-7-5-4-6-16(17)22(28)29-2)30-21(27)15-10-8-14(9-11-15)19-23-12-13-24-19/h4-13,18H,3H2,1-2H3,(H,23,24)(H,25,26). The lowest BCUT2D eigenvalue weighted by molar-refractivity contribution is -0.124. The molecule has 8 nitrogen and oxygen atoms in total. The first-order chi connectivity index (χ1) is 14.5. The summed E-state index contributed by atoms with van der Waals surface area (Å²) in [5.41, 5.74) is 1.63. The number of amides is 1. The van der Waals surface area contributed by atoms with Gasteiger partial charge in [0.05, 0.1) is 23.9 Å². The fourth-order valence-electron chi connectivity index (χ4n) is 2.80. The number of hydrogen-bond donors (Lipinski definition) is 2. The maximum absolute atomic E-state index is 12.6. The Hall–Kier alpha value is -3.94. The summed E-state index contributed by atoms with van der Waals surface area (Å²) in [5, 5.41) is 2.63. The third kappa shape index (κ3) is 4.72. The molecule has 0 spiro atoms. The number of nitrogens with zero attached hydrogens (tertiary/aromatic N) is 1. The molecule has 30 heavy (non-hydrogen) atoms. The summed E-state index contributed by atoms with van der Waals surface area (Å²) in [5.74, 6) is -1.05. The Balaban J connectivity index is 1.68. The molecule has 0 aliphatic carbocycles. The van der Waals surface area contributed by atoms with E-state index in [9.17, 15) is 14.4 Å². The number of anilines is 1. The molecule has 1 amide bonds. The number of carbonyl (C=O) groups excluding carboxylic acids is 3. The molecule has 0 aliphatic rings. The Morgan fingerprint density at radius 1 is 1.07 bits per heavy atom. The minimum Gasteiger partial charge on any atom is -0.465 e. The van der Waals surface area contributed by atoms with Gasteiger partial charge in [0, 0.05) is 18.0 Å². The molecule has 0 fully saturated rings. The summed E-state index contributed by atoms with van der Waals surface area (Å²) >= 11 is 0. The highest BCUT2D eigenvalue weighted by Crippen LogP contribution is 2.19. The number of imidazole rings is 1. The van der Waals surface area contributed by atoms with Gasteiger partial charge in [0.15, 0.2) is 6.10 Å². The van der Waals surface area contributed by atoms with Gasteiger partial charge in [-0.25, -0.2) is 14.6 Å².